The molecule has 1 aromatic rings. The van der Waals surface area contributed by atoms with E-state index in [9.17, 15) is 5.11 Å². The van der Waals surface area contributed by atoms with Gasteiger partial charge >= 0.3 is 0 Å². The molecule has 0 radical (unpaired) electrons. The van der Waals surface area contributed by atoms with Crippen LogP contribution >= 0.6 is 0 Å². The van der Waals surface area contributed by atoms with Gasteiger partial charge in [0.05, 0.1) is 18.8 Å². The zero-order valence-corrected chi connectivity index (χ0v) is 19.8. The first-order chi connectivity index (χ1) is 15.7. The summed E-state index contributed by atoms with van der Waals surface area (Å²) in [4.78, 5) is 9.48. The van der Waals surface area contributed by atoms with Crippen LogP contribution in [0.5, 0.6) is 0 Å². The average Bonchev–Trinajstić information content (AvgIpc) is 3.34. The highest BCUT2D eigenvalue weighted by atomic mass is 16.5. The van der Waals surface area contributed by atoms with Crippen LogP contribution in [0, 0.1) is 5.92 Å². The predicted molar refractivity (Wildman–Crippen MR) is 130 cm³/mol. The molecule has 3 aliphatic rings. The lowest BCUT2D eigenvalue weighted by Gasteiger charge is -2.35. The summed E-state index contributed by atoms with van der Waals surface area (Å²) in [5.74, 6) is 1.73. The van der Waals surface area contributed by atoms with Gasteiger partial charge in [0.25, 0.3) is 0 Å². The Morgan fingerprint density at radius 3 is 2.62 bits per heavy atom. The fourth-order valence-electron chi connectivity index (χ4n) is 5.37. The van der Waals surface area contributed by atoms with Crippen molar-refractivity contribution in [1.29, 1.82) is 0 Å². The van der Waals surface area contributed by atoms with Crippen molar-refractivity contribution in [2.24, 2.45) is 10.9 Å². The third kappa shape index (κ3) is 6.69. The number of fused-ring (bicyclic) bond motifs is 1. The van der Waals surface area contributed by atoms with Crippen molar-refractivity contribution in [3.8, 4) is 0 Å². The Balaban J connectivity index is 1.21. The molecule has 0 spiro atoms. The first kappa shape index (κ1) is 23.5. The van der Waals surface area contributed by atoms with Crippen molar-refractivity contribution in [3.05, 3.63) is 35.4 Å². The molecule has 32 heavy (non-hydrogen) atoms. The van der Waals surface area contributed by atoms with Crippen LogP contribution in [0.4, 0.5) is 0 Å². The number of ether oxygens (including phenoxy) is 1. The molecule has 1 saturated heterocycles. The van der Waals surface area contributed by atoms with E-state index in [1.807, 2.05) is 0 Å². The van der Waals surface area contributed by atoms with Crippen LogP contribution in [0.1, 0.15) is 56.6 Å². The molecule has 1 aliphatic carbocycles. The first-order valence-corrected chi connectivity index (χ1v) is 12.8. The van der Waals surface area contributed by atoms with Crippen molar-refractivity contribution in [2.75, 3.05) is 45.9 Å². The number of guanidine groups is 1. The molecule has 2 N–H and O–H groups in total. The lowest BCUT2D eigenvalue weighted by Crippen LogP contribution is -2.47. The van der Waals surface area contributed by atoms with Gasteiger partial charge in [-0.15, -0.1) is 0 Å². The van der Waals surface area contributed by atoms with Gasteiger partial charge in [-0.05, 0) is 56.1 Å². The van der Waals surface area contributed by atoms with E-state index in [4.69, 9.17) is 9.73 Å². The largest absolute Gasteiger partial charge is 0.390 e. The monoisotopic (exact) mass is 442 g/mol. The zero-order valence-electron chi connectivity index (χ0n) is 19.8. The molecule has 2 heterocycles. The summed E-state index contributed by atoms with van der Waals surface area (Å²) < 4.78 is 6.23. The first-order valence-electron chi connectivity index (χ1n) is 12.8. The molecule has 0 aromatic heterocycles. The Labute approximate surface area is 194 Å². The number of aliphatic hydroxyl groups is 1. The Morgan fingerprint density at radius 2 is 1.88 bits per heavy atom. The molecule has 6 nitrogen and oxygen atoms in total. The highest BCUT2D eigenvalue weighted by Gasteiger charge is 2.24. The van der Waals surface area contributed by atoms with Crippen molar-refractivity contribution < 1.29 is 9.84 Å². The number of nitrogens with zero attached hydrogens (tertiary/aromatic N) is 3. The van der Waals surface area contributed by atoms with Crippen LogP contribution in [-0.4, -0.2) is 78.9 Å². The van der Waals surface area contributed by atoms with Crippen molar-refractivity contribution in [3.63, 3.8) is 0 Å². The summed E-state index contributed by atoms with van der Waals surface area (Å²) in [7, 11) is 0. The van der Waals surface area contributed by atoms with Crippen molar-refractivity contribution >= 4 is 5.96 Å². The average molecular weight is 443 g/mol. The summed E-state index contributed by atoms with van der Waals surface area (Å²) in [6.07, 6.45) is 8.60. The maximum Gasteiger partial charge on any atom is 0.194 e. The Hall–Kier alpha value is -1.63. The second kappa shape index (κ2) is 12.0. The molecule has 0 amide bonds. The van der Waals surface area contributed by atoms with Gasteiger partial charge in [0.1, 0.15) is 0 Å². The summed E-state index contributed by atoms with van der Waals surface area (Å²) in [5.41, 5.74) is 2.84. The van der Waals surface area contributed by atoms with Crippen LogP contribution in [0.25, 0.3) is 0 Å². The Bertz CT molecular complexity index is 726. The number of rotatable bonds is 8. The molecule has 4 rings (SSSR count). The summed E-state index contributed by atoms with van der Waals surface area (Å²) >= 11 is 0. The predicted octanol–water partition coefficient (Wildman–Crippen LogP) is 3.04. The Morgan fingerprint density at radius 1 is 1.12 bits per heavy atom. The third-order valence-electron chi connectivity index (χ3n) is 7.25. The van der Waals surface area contributed by atoms with Gasteiger partial charge in [-0.25, -0.2) is 0 Å². The van der Waals surface area contributed by atoms with Gasteiger partial charge in [0, 0.05) is 45.9 Å². The van der Waals surface area contributed by atoms with Gasteiger partial charge in [0.15, 0.2) is 5.96 Å². The number of hydrogen-bond donors (Lipinski definition) is 2. The van der Waals surface area contributed by atoms with Crippen LogP contribution in [0.3, 0.4) is 0 Å². The number of piperidine rings is 1. The second-order valence-electron chi connectivity index (χ2n) is 9.77. The van der Waals surface area contributed by atoms with E-state index < -0.39 is 6.10 Å². The van der Waals surface area contributed by atoms with Gasteiger partial charge in [-0.1, -0.05) is 37.1 Å². The smallest absolute Gasteiger partial charge is 0.194 e. The molecule has 2 aliphatic heterocycles. The third-order valence-corrected chi connectivity index (χ3v) is 7.25. The second-order valence-corrected chi connectivity index (χ2v) is 9.77. The van der Waals surface area contributed by atoms with Crippen LogP contribution < -0.4 is 5.32 Å². The van der Waals surface area contributed by atoms with Crippen molar-refractivity contribution in [2.45, 2.75) is 70.6 Å². The van der Waals surface area contributed by atoms with Gasteiger partial charge in [-0.3, -0.25) is 9.89 Å². The van der Waals surface area contributed by atoms with Crippen LogP contribution in [0.15, 0.2) is 29.3 Å². The zero-order chi connectivity index (χ0) is 22.2. The number of likely N-dealkylation sites (tertiary alicyclic amines) is 1. The SMILES string of the molecule is CCNC(=NCC(O)CN1CCc2ccccc2C1)N1CCC(OCC2CCCC2)CC1. The molecule has 1 aromatic carbocycles. The van der Waals surface area contributed by atoms with Gasteiger partial charge in [-0.2, -0.15) is 0 Å². The molecule has 1 saturated carbocycles. The molecule has 0 bridgehead atoms. The minimum absolute atomic E-state index is 0.391. The molecule has 2 fully saturated rings. The quantitative estimate of drug-likeness (QED) is 0.479. The maximum absolute atomic E-state index is 10.7. The number of hydrogen-bond acceptors (Lipinski definition) is 4. The topological polar surface area (TPSA) is 60.3 Å². The molecule has 6 heteroatoms. The molecular weight excluding hydrogens is 400 g/mol. The summed E-state index contributed by atoms with van der Waals surface area (Å²) in [5, 5.41) is 14.1. The molecule has 178 valence electrons. The fraction of sp³-hybridized carbons (Fsp3) is 0.731. The number of benzene rings is 1. The summed E-state index contributed by atoms with van der Waals surface area (Å²) in [6.45, 7) is 8.89. The highest BCUT2D eigenvalue weighted by Crippen LogP contribution is 2.26. The van der Waals surface area contributed by atoms with E-state index in [2.05, 4.69) is 46.3 Å². The van der Waals surface area contributed by atoms with Gasteiger partial charge in [0.2, 0.25) is 0 Å². The maximum atomic E-state index is 10.7. The van der Waals surface area contributed by atoms with E-state index >= 15 is 0 Å². The molecular formula is C26H42N4O2. The van der Waals surface area contributed by atoms with E-state index in [0.717, 1.165) is 70.5 Å². The normalized spacial score (nSPS) is 22.2. The fourth-order valence-corrected chi connectivity index (χ4v) is 5.37. The van der Waals surface area contributed by atoms with Crippen LogP contribution in [-0.2, 0) is 17.7 Å². The number of aliphatic imine (C=N–C) groups is 1. The molecule has 1 unspecified atom stereocenters. The Kier molecular flexibility index (Phi) is 8.83. The van der Waals surface area contributed by atoms with Crippen molar-refractivity contribution in [1.82, 2.24) is 15.1 Å². The van der Waals surface area contributed by atoms with Crippen LogP contribution in [0.2, 0.25) is 0 Å². The van der Waals surface area contributed by atoms with Gasteiger partial charge < -0.3 is 20.1 Å². The minimum Gasteiger partial charge on any atom is -0.390 e. The number of β-amino-alcohol motifs (C(OH)–C–C–N with tert-alkyl or cyclic N) is 1. The lowest BCUT2D eigenvalue weighted by atomic mass is 10.00. The van der Waals surface area contributed by atoms with E-state index in [1.165, 1.54) is 36.8 Å². The van der Waals surface area contributed by atoms with E-state index in [1.54, 1.807) is 0 Å². The number of nitrogens with one attached hydrogen (secondary N) is 1. The summed E-state index contributed by atoms with van der Waals surface area (Å²) in [6, 6.07) is 8.65. The standard InChI is InChI=1S/C26H42N4O2/c1-2-27-26(30-15-12-25(13-16-30)32-20-21-7-3-4-8-21)28-17-24(31)19-29-14-11-22-9-5-6-10-23(22)18-29/h5-6,9-10,21,24-25,31H,2-4,7-8,11-20H2,1H3,(H,27,28). The number of aliphatic hydroxyl groups excluding tert-OH is 1. The van der Waals surface area contributed by atoms with E-state index in [-0.39, 0.29) is 0 Å². The minimum atomic E-state index is -0.443. The van der Waals surface area contributed by atoms with E-state index in [0.29, 0.717) is 19.2 Å². The lowest BCUT2D eigenvalue weighted by molar-refractivity contribution is 0.000964. The highest BCUT2D eigenvalue weighted by molar-refractivity contribution is 5.80. The molecule has 1 atom stereocenters.